The zero-order valence-corrected chi connectivity index (χ0v) is 16.3. The molecule has 28 heavy (non-hydrogen) atoms. The van der Waals surface area contributed by atoms with Crippen molar-refractivity contribution in [2.45, 2.75) is 19.8 Å². The summed E-state index contributed by atoms with van der Waals surface area (Å²) < 4.78 is 10.3. The van der Waals surface area contributed by atoms with Gasteiger partial charge in [-0.05, 0) is 61.9 Å². The standard InChI is InChI=1S/C21H22ClNO5/c1-2-27-18-11-7-15(8-12-18)19(24)14-28-20(25)4-3-13-23-21(26)16-5-9-17(22)10-6-16/h5-12H,2-4,13-14H2,1H3,(H,23,26). The van der Waals surface area contributed by atoms with Crippen molar-refractivity contribution < 1.29 is 23.9 Å². The summed E-state index contributed by atoms with van der Waals surface area (Å²) in [6, 6.07) is 13.2. The Labute approximate surface area is 168 Å². The minimum absolute atomic E-state index is 0.109. The average Bonchev–Trinajstić information content (AvgIpc) is 2.70. The van der Waals surface area contributed by atoms with Gasteiger partial charge in [-0.15, -0.1) is 0 Å². The molecule has 0 aliphatic heterocycles. The zero-order valence-electron chi connectivity index (χ0n) is 15.6. The van der Waals surface area contributed by atoms with Gasteiger partial charge in [-0.1, -0.05) is 11.6 Å². The van der Waals surface area contributed by atoms with Crippen molar-refractivity contribution in [3.63, 3.8) is 0 Å². The summed E-state index contributed by atoms with van der Waals surface area (Å²) in [5, 5.41) is 3.27. The minimum atomic E-state index is -0.486. The van der Waals surface area contributed by atoms with Crippen LogP contribution in [0.15, 0.2) is 48.5 Å². The lowest BCUT2D eigenvalue weighted by atomic mass is 10.1. The van der Waals surface area contributed by atoms with Gasteiger partial charge in [0.2, 0.25) is 0 Å². The fourth-order valence-electron chi connectivity index (χ4n) is 2.34. The molecule has 148 valence electrons. The maximum Gasteiger partial charge on any atom is 0.306 e. The van der Waals surface area contributed by atoms with Crippen molar-refractivity contribution in [2.24, 2.45) is 0 Å². The molecule has 1 amide bonds. The van der Waals surface area contributed by atoms with Crippen LogP contribution in [0.4, 0.5) is 0 Å². The monoisotopic (exact) mass is 403 g/mol. The number of carbonyl (C=O) groups excluding carboxylic acids is 3. The van der Waals surface area contributed by atoms with Gasteiger partial charge in [0, 0.05) is 29.1 Å². The Kier molecular flexibility index (Phi) is 8.49. The number of amides is 1. The predicted octanol–water partition coefficient (Wildman–Crippen LogP) is 3.67. The first-order valence-electron chi connectivity index (χ1n) is 8.95. The molecule has 1 N–H and O–H groups in total. The van der Waals surface area contributed by atoms with E-state index in [1.807, 2.05) is 6.92 Å². The molecule has 2 aromatic rings. The summed E-state index contributed by atoms with van der Waals surface area (Å²) in [5.74, 6) is -0.333. The molecule has 7 heteroatoms. The maximum absolute atomic E-state index is 12.0. The Hall–Kier alpha value is -2.86. The van der Waals surface area contributed by atoms with Gasteiger partial charge < -0.3 is 14.8 Å². The number of carbonyl (C=O) groups is 3. The maximum atomic E-state index is 12.0. The molecular formula is C21H22ClNO5. The highest BCUT2D eigenvalue weighted by atomic mass is 35.5. The van der Waals surface area contributed by atoms with Gasteiger partial charge in [-0.25, -0.2) is 0 Å². The smallest absolute Gasteiger partial charge is 0.306 e. The molecule has 6 nitrogen and oxygen atoms in total. The molecule has 0 heterocycles. The number of ether oxygens (including phenoxy) is 2. The number of nitrogens with one attached hydrogen (secondary N) is 1. The number of Topliss-reactive ketones (excluding diaryl/α,β-unsaturated/α-hetero) is 1. The number of hydrogen-bond acceptors (Lipinski definition) is 5. The molecule has 0 saturated carbocycles. The number of rotatable bonds is 10. The second-order valence-corrected chi connectivity index (χ2v) is 6.34. The third-order valence-electron chi connectivity index (χ3n) is 3.80. The Morgan fingerprint density at radius 2 is 1.61 bits per heavy atom. The van der Waals surface area contributed by atoms with Crippen LogP contribution < -0.4 is 10.1 Å². The van der Waals surface area contributed by atoms with Crippen LogP contribution in [0.3, 0.4) is 0 Å². The first-order valence-corrected chi connectivity index (χ1v) is 9.33. The van der Waals surface area contributed by atoms with E-state index in [1.165, 1.54) is 0 Å². The quantitative estimate of drug-likeness (QED) is 0.372. The molecule has 0 saturated heterocycles. The molecular weight excluding hydrogens is 382 g/mol. The molecule has 0 spiro atoms. The van der Waals surface area contributed by atoms with E-state index in [9.17, 15) is 14.4 Å². The molecule has 0 radical (unpaired) electrons. The van der Waals surface area contributed by atoms with Gasteiger partial charge in [0.15, 0.2) is 12.4 Å². The van der Waals surface area contributed by atoms with Crippen LogP contribution in [0.5, 0.6) is 5.75 Å². The van der Waals surface area contributed by atoms with Crippen LogP contribution in [0.25, 0.3) is 0 Å². The first kappa shape index (κ1) is 21.4. The normalized spacial score (nSPS) is 10.2. The van der Waals surface area contributed by atoms with E-state index in [0.717, 1.165) is 0 Å². The number of benzene rings is 2. The van der Waals surface area contributed by atoms with Crippen molar-refractivity contribution in [1.29, 1.82) is 0 Å². The molecule has 0 unspecified atom stereocenters. The van der Waals surface area contributed by atoms with E-state index < -0.39 is 5.97 Å². The Morgan fingerprint density at radius 1 is 0.964 bits per heavy atom. The van der Waals surface area contributed by atoms with Crippen molar-refractivity contribution in [1.82, 2.24) is 5.32 Å². The minimum Gasteiger partial charge on any atom is -0.494 e. The molecule has 0 atom stereocenters. The molecule has 0 aromatic heterocycles. The van der Waals surface area contributed by atoms with Gasteiger partial charge in [-0.3, -0.25) is 14.4 Å². The Balaban J connectivity index is 1.64. The molecule has 0 bridgehead atoms. The highest BCUT2D eigenvalue weighted by Crippen LogP contribution is 2.13. The second-order valence-electron chi connectivity index (χ2n) is 5.91. The Morgan fingerprint density at radius 3 is 2.25 bits per heavy atom. The third kappa shape index (κ3) is 7.04. The summed E-state index contributed by atoms with van der Waals surface area (Å²) in [6.07, 6.45) is 0.521. The molecule has 0 fully saturated rings. The lowest BCUT2D eigenvalue weighted by Crippen LogP contribution is -2.25. The summed E-state index contributed by atoms with van der Waals surface area (Å²) in [5.41, 5.74) is 0.944. The van der Waals surface area contributed by atoms with E-state index in [1.54, 1.807) is 48.5 Å². The van der Waals surface area contributed by atoms with E-state index in [2.05, 4.69) is 5.32 Å². The molecule has 0 aliphatic rings. The van der Waals surface area contributed by atoms with Crippen LogP contribution >= 0.6 is 11.6 Å². The molecule has 0 aliphatic carbocycles. The van der Waals surface area contributed by atoms with Crippen LogP contribution in [-0.2, 0) is 9.53 Å². The van der Waals surface area contributed by atoms with E-state index in [-0.39, 0.29) is 24.7 Å². The van der Waals surface area contributed by atoms with Gasteiger partial charge in [0.25, 0.3) is 5.91 Å². The lowest BCUT2D eigenvalue weighted by Gasteiger charge is -2.07. The third-order valence-corrected chi connectivity index (χ3v) is 4.05. The largest absolute Gasteiger partial charge is 0.494 e. The highest BCUT2D eigenvalue weighted by Gasteiger charge is 2.11. The SMILES string of the molecule is CCOc1ccc(C(=O)COC(=O)CCCNC(=O)c2ccc(Cl)cc2)cc1. The second kappa shape index (κ2) is 11.1. The number of hydrogen-bond donors (Lipinski definition) is 1. The van der Waals surface area contributed by atoms with E-state index >= 15 is 0 Å². The summed E-state index contributed by atoms with van der Waals surface area (Å²) in [6.45, 7) is 2.43. The van der Waals surface area contributed by atoms with Gasteiger partial charge >= 0.3 is 5.97 Å². The Bertz CT molecular complexity index is 803. The van der Waals surface area contributed by atoms with Crippen LogP contribution in [0, 0.1) is 0 Å². The zero-order chi connectivity index (χ0) is 20.4. The topological polar surface area (TPSA) is 81.7 Å². The average molecular weight is 404 g/mol. The predicted molar refractivity (Wildman–Crippen MR) is 106 cm³/mol. The van der Waals surface area contributed by atoms with Gasteiger partial charge in [-0.2, -0.15) is 0 Å². The van der Waals surface area contributed by atoms with E-state index in [0.29, 0.717) is 41.5 Å². The molecule has 2 aromatic carbocycles. The fourth-order valence-corrected chi connectivity index (χ4v) is 2.47. The van der Waals surface area contributed by atoms with Crippen LogP contribution in [0.1, 0.15) is 40.5 Å². The van der Waals surface area contributed by atoms with Crippen molar-refractivity contribution in [2.75, 3.05) is 19.8 Å². The number of ketones is 1. The van der Waals surface area contributed by atoms with Crippen molar-refractivity contribution in [3.8, 4) is 5.75 Å². The summed E-state index contributed by atoms with van der Waals surface area (Å²) >= 11 is 5.78. The van der Waals surface area contributed by atoms with Crippen LogP contribution in [-0.4, -0.2) is 37.4 Å². The lowest BCUT2D eigenvalue weighted by molar-refractivity contribution is -0.142. The summed E-state index contributed by atoms with van der Waals surface area (Å²) in [7, 11) is 0. The number of halogens is 1. The van der Waals surface area contributed by atoms with Crippen molar-refractivity contribution in [3.05, 3.63) is 64.7 Å². The first-order chi connectivity index (χ1) is 13.5. The van der Waals surface area contributed by atoms with Crippen LogP contribution in [0.2, 0.25) is 5.02 Å². The van der Waals surface area contributed by atoms with Crippen molar-refractivity contribution >= 4 is 29.3 Å². The van der Waals surface area contributed by atoms with E-state index in [4.69, 9.17) is 21.1 Å². The fraction of sp³-hybridized carbons (Fsp3) is 0.286. The number of esters is 1. The van der Waals surface area contributed by atoms with Gasteiger partial charge in [0.05, 0.1) is 6.61 Å². The summed E-state index contributed by atoms with van der Waals surface area (Å²) in [4.78, 5) is 35.7. The van der Waals surface area contributed by atoms with Gasteiger partial charge in [0.1, 0.15) is 5.75 Å². The molecule has 2 rings (SSSR count). The highest BCUT2D eigenvalue weighted by molar-refractivity contribution is 6.30.